The van der Waals surface area contributed by atoms with Crippen LogP contribution in [0, 0.1) is 17.6 Å². The van der Waals surface area contributed by atoms with Crippen molar-refractivity contribution in [1.82, 2.24) is 9.55 Å². The Hall–Kier alpha value is -1.91. The number of rotatable bonds is 13. The molecule has 10 heteroatoms. The lowest BCUT2D eigenvalue weighted by Crippen LogP contribution is -2.22. The number of benzene rings is 1. The number of nitrogens with zero attached hydrogens (tertiary/aromatic N) is 2. The maximum absolute atomic E-state index is 14.9. The number of ether oxygens (including phenoxy) is 2. The summed E-state index contributed by atoms with van der Waals surface area (Å²) in [6.07, 6.45) is 4.68. The first-order chi connectivity index (χ1) is 17.0. The third-order valence-corrected chi connectivity index (χ3v) is 8.07. The van der Waals surface area contributed by atoms with E-state index in [1.807, 2.05) is 6.92 Å². The average Bonchev–Trinajstić information content (AvgIpc) is 3.09. The molecule has 0 spiro atoms. The maximum atomic E-state index is 14.9. The van der Waals surface area contributed by atoms with Crippen molar-refractivity contribution in [3.63, 3.8) is 0 Å². The van der Waals surface area contributed by atoms with E-state index in [0.29, 0.717) is 45.9 Å². The minimum Gasteiger partial charge on any atom is -0.450 e. The van der Waals surface area contributed by atoms with Gasteiger partial charge >= 0.3 is 0 Å². The van der Waals surface area contributed by atoms with Crippen LogP contribution in [-0.2, 0) is 17.9 Å². The molecule has 5 nitrogen and oxygen atoms in total. The highest BCUT2D eigenvalue weighted by Gasteiger charge is 2.20. The summed E-state index contributed by atoms with van der Waals surface area (Å²) in [5.41, 5.74) is 0.934. The Morgan fingerprint density at radius 2 is 1.94 bits per heavy atom. The van der Waals surface area contributed by atoms with Gasteiger partial charge in [-0.25, -0.2) is 13.8 Å². The molecule has 0 radical (unpaired) electrons. The van der Waals surface area contributed by atoms with Crippen molar-refractivity contribution in [1.29, 1.82) is 0 Å². The van der Waals surface area contributed by atoms with Gasteiger partial charge < -0.3 is 19.1 Å². The van der Waals surface area contributed by atoms with E-state index in [-0.39, 0.29) is 31.4 Å². The second-order valence-electron chi connectivity index (χ2n) is 10.3. The molecule has 0 aliphatic carbocycles. The van der Waals surface area contributed by atoms with E-state index in [2.05, 4.69) is 24.6 Å². The normalized spacial score (nSPS) is 12.8. The third kappa shape index (κ3) is 7.79. The van der Waals surface area contributed by atoms with Crippen molar-refractivity contribution in [2.24, 2.45) is 5.92 Å². The van der Waals surface area contributed by atoms with Crippen LogP contribution < -0.4 is 4.74 Å². The first kappa shape index (κ1) is 28.7. The van der Waals surface area contributed by atoms with Crippen molar-refractivity contribution >= 4 is 47.8 Å². The minimum atomic E-state index is -1.21. The van der Waals surface area contributed by atoms with Crippen LogP contribution in [0.15, 0.2) is 30.6 Å². The van der Waals surface area contributed by atoms with Crippen LogP contribution in [0.3, 0.4) is 0 Å². The quantitative estimate of drug-likeness (QED) is 0.136. The van der Waals surface area contributed by atoms with Crippen LogP contribution in [0.2, 0.25) is 30.7 Å². The summed E-state index contributed by atoms with van der Waals surface area (Å²) in [5.74, 6) is -1.76. The molecule has 2 heterocycles. The average molecular weight is 555 g/mol. The number of fused-ring (bicyclic) bond motifs is 1. The van der Waals surface area contributed by atoms with Crippen LogP contribution in [0.1, 0.15) is 25.3 Å². The standard InChI is InChI=1S/C26H33ClF2N2O3SSi/c1-17(6-8-32)11-19(35)12-18-13-21(28)25(22(29)14-18)34-23-5-7-30-26-24(23)20(27)15-31(26)16-33-9-10-36(2,3)4/h5,7,13-15,17,32H,6,8-12,16H2,1-4H3. The van der Waals surface area contributed by atoms with Gasteiger partial charge in [-0.15, -0.1) is 0 Å². The third-order valence-electron chi connectivity index (χ3n) is 5.77. The van der Waals surface area contributed by atoms with E-state index in [0.717, 1.165) is 6.04 Å². The fraction of sp³-hybridized carbons (Fsp3) is 0.462. The second kappa shape index (κ2) is 12.6. The van der Waals surface area contributed by atoms with Crippen LogP contribution in [-0.4, -0.2) is 40.8 Å². The molecule has 36 heavy (non-hydrogen) atoms. The lowest BCUT2D eigenvalue weighted by Gasteiger charge is -2.15. The van der Waals surface area contributed by atoms with Gasteiger partial charge in [0.15, 0.2) is 17.4 Å². The van der Waals surface area contributed by atoms with Gasteiger partial charge in [0.05, 0.1) is 10.4 Å². The molecule has 0 bridgehead atoms. The molecule has 1 N–H and O–H groups in total. The molecule has 0 aliphatic rings. The molecule has 0 saturated carbocycles. The molecule has 0 saturated heterocycles. The monoisotopic (exact) mass is 554 g/mol. The number of halogens is 3. The molecule has 3 aromatic rings. The van der Waals surface area contributed by atoms with Gasteiger partial charge in [-0.2, -0.15) is 0 Å². The summed E-state index contributed by atoms with van der Waals surface area (Å²) < 4.78 is 43.1. The molecule has 3 rings (SSSR count). The maximum Gasteiger partial charge on any atom is 0.198 e. The molecule has 2 aromatic heterocycles. The second-order valence-corrected chi connectivity index (χ2v) is 16.9. The number of aromatic nitrogens is 2. The smallest absolute Gasteiger partial charge is 0.198 e. The van der Waals surface area contributed by atoms with Gasteiger partial charge in [-0.1, -0.05) is 50.4 Å². The van der Waals surface area contributed by atoms with E-state index in [1.54, 1.807) is 10.8 Å². The molecule has 0 fully saturated rings. The molecular weight excluding hydrogens is 522 g/mol. The van der Waals surface area contributed by atoms with Gasteiger partial charge in [-0.3, -0.25) is 0 Å². The lowest BCUT2D eigenvalue weighted by atomic mass is 9.98. The summed E-state index contributed by atoms with van der Waals surface area (Å²) in [5, 5.41) is 9.85. The predicted molar refractivity (Wildman–Crippen MR) is 147 cm³/mol. The van der Waals surface area contributed by atoms with Crippen molar-refractivity contribution < 1.29 is 23.4 Å². The van der Waals surface area contributed by atoms with E-state index in [9.17, 15) is 8.78 Å². The predicted octanol–water partition coefficient (Wildman–Crippen LogP) is 7.39. The Bertz CT molecular complexity index is 1190. The molecular formula is C26H33ClF2N2O3SSi. The highest BCUT2D eigenvalue weighted by Crippen LogP contribution is 2.37. The summed E-state index contributed by atoms with van der Waals surface area (Å²) in [7, 11) is -1.21. The SMILES string of the molecule is CC(CCO)CC(=S)Cc1cc(F)c(Oc2ccnc3c2c(Cl)cn3COCC[Si](C)(C)C)c(F)c1. The van der Waals surface area contributed by atoms with E-state index in [4.69, 9.17) is 38.4 Å². The summed E-state index contributed by atoms with van der Waals surface area (Å²) in [6.45, 7) is 9.80. The van der Waals surface area contributed by atoms with Crippen molar-refractivity contribution in [2.45, 2.75) is 58.6 Å². The van der Waals surface area contributed by atoms with Gasteiger partial charge in [-0.05, 0) is 53.4 Å². The molecule has 1 aromatic carbocycles. The Labute approximate surface area is 222 Å². The van der Waals surface area contributed by atoms with Crippen molar-refractivity contribution in [2.75, 3.05) is 13.2 Å². The highest BCUT2D eigenvalue weighted by molar-refractivity contribution is 7.80. The van der Waals surface area contributed by atoms with Crippen LogP contribution in [0.4, 0.5) is 8.78 Å². The van der Waals surface area contributed by atoms with E-state index < -0.39 is 25.5 Å². The molecule has 1 atom stereocenters. The van der Waals surface area contributed by atoms with Gasteiger partial charge in [0.25, 0.3) is 0 Å². The summed E-state index contributed by atoms with van der Waals surface area (Å²) in [4.78, 5) is 5.05. The fourth-order valence-corrected chi connectivity index (χ4v) is 5.30. The summed E-state index contributed by atoms with van der Waals surface area (Å²) >= 11 is 11.8. The van der Waals surface area contributed by atoms with Gasteiger partial charge in [0.1, 0.15) is 18.1 Å². The fourth-order valence-electron chi connectivity index (χ4n) is 3.80. The Morgan fingerprint density at radius 3 is 2.58 bits per heavy atom. The van der Waals surface area contributed by atoms with Crippen LogP contribution in [0.5, 0.6) is 11.5 Å². The van der Waals surface area contributed by atoms with Gasteiger partial charge in [0.2, 0.25) is 0 Å². The summed E-state index contributed by atoms with van der Waals surface area (Å²) in [6, 6.07) is 5.02. The zero-order valence-corrected chi connectivity index (χ0v) is 23.7. The molecule has 1 unspecified atom stereocenters. The van der Waals surface area contributed by atoms with Gasteiger partial charge in [0, 0.05) is 40.1 Å². The molecule has 196 valence electrons. The zero-order valence-electron chi connectivity index (χ0n) is 21.1. The number of aliphatic hydroxyl groups excluding tert-OH is 1. The Balaban J connectivity index is 1.77. The Morgan fingerprint density at radius 1 is 1.25 bits per heavy atom. The number of hydrogen-bond acceptors (Lipinski definition) is 5. The van der Waals surface area contributed by atoms with E-state index >= 15 is 0 Å². The molecule has 0 amide bonds. The minimum absolute atomic E-state index is 0.0837. The van der Waals surface area contributed by atoms with Crippen molar-refractivity contribution in [3.05, 3.63) is 52.8 Å². The molecule has 0 aliphatic heterocycles. The first-order valence-corrected chi connectivity index (χ1v) is 16.5. The first-order valence-electron chi connectivity index (χ1n) is 12.0. The van der Waals surface area contributed by atoms with Crippen LogP contribution >= 0.6 is 23.8 Å². The van der Waals surface area contributed by atoms with Crippen molar-refractivity contribution in [3.8, 4) is 11.5 Å². The lowest BCUT2D eigenvalue weighted by molar-refractivity contribution is 0.0899. The Kier molecular flexibility index (Phi) is 9.99. The largest absolute Gasteiger partial charge is 0.450 e. The number of pyridine rings is 1. The highest BCUT2D eigenvalue weighted by atomic mass is 35.5. The number of aliphatic hydroxyl groups is 1. The van der Waals surface area contributed by atoms with E-state index in [1.165, 1.54) is 24.4 Å². The number of thiocarbonyl (C=S) groups is 1. The number of hydrogen-bond donors (Lipinski definition) is 1. The van der Waals surface area contributed by atoms with Crippen LogP contribution in [0.25, 0.3) is 11.0 Å². The topological polar surface area (TPSA) is 56.5 Å². The zero-order chi connectivity index (χ0) is 26.5.